The van der Waals surface area contributed by atoms with E-state index in [0.29, 0.717) is 17.9 Å². The number of nitrogens with zero attached hydrogens (tertiary/aromatic N) is 1. The number of aromatic hydroxyl groups is 1. The summed E-state index contributed by atoms with van der Waals surface area (Å²) < 4.78 is 5.13. The molecule has 32 heavy (non-hydrogen) atoms. The van der Waals surface area contributed by atoms with E-state index < -0.39 is 5.63 Å². The van der Waals surface area contributed by atoms with Gasteiger partial charge < -0.3 is 14.4 Å². The smallest absolute Gasteiger partial charge is 0.349 e. The van der Waals surface area contributed by atoms with Gasteiger partial charge in [-0.3, -0.25) is 0 Å². The number of rotatable bonds is 20. The Balaban J connectivity index is 2.20. The standard InChI is InChI=1S/C27H45NO4/c1-4-6-7-8-9-10-11-12-13-14-15-16-17-18-19-20-24(28-31-21-5-2)26-25(29)22-23(3)32-27(26)30/h5,22,29H,2,4,6-21H2,1,3H3. The Labute approximate surface area is 194 Å². The van der Waals surface area contributed by atoms with Gasteiger partial charge in [-0.1, -0.05) is 115 Å². The van der Waals surface area contributed by atoms with E-state index in [1.54, 1.807) is 13.0 Å². The number of aryl methyl sites for hydroxylation is 1. The summed E-state index contributed by atoms with van der Waals surface area (Å²) in [5.74, 6) is 0.259. The molecule has 182 valence electrons. The minimum Gasteiger partial charge on any atom is -0.507 e. The van der Waals surface area contributed by atoms with Crippen molar-refractivity contribution in [2.45, 2.75) is 117 Å². The van der Waals surface area contributed by atoms with E-state index in [2.05, 4.69) is 18.7 Å². The van der Waals surface area contributed by atoms with Crippen LogP contribution in [0.4, 0.5) is 0 Å². The summed E-state index contributed by atoms with van der Waals surface area (Å²) >= 11 is 0. The molecule has 5 nitrogen and oxygen atoms in total. The van der Waals surface area contributed by atoms with Gasteiger partial charge in [-0.15, -0.1) is 0 Å². The molecule has 0 amide bonds. The topological polar surface area (TPSA) is 72.0 Å². The van der Waals surface area contributed by atoms with Gasteiger partial charge in [0.15, 0.2) is 0 Å². The zero-order valence-electron chi connectivity index (χ0n) is 20.5. The van der Waals surface area contributed by atoms with Crippen LogP contribution in [0, 0.1) is 6.92 Å². The SMILES string of the molecule is C=CCON=C(CCCCCCCCCCCCCCCCC)c1c(O)cc(C)oc1=O. The molecule has 1 N–H and O–H groups in total. The lowest BCUT2D eigenvalue weighted by atomic mass is 10.0. The lowest BCUT2D eigenvalue weighted by Crippen LogP contribution is -2.16. The predicted octanol–water partition coefficient (Wildman–Crippen LogP) is 7.82. The van der Waals surface area contributed by atoms with Crippen LogP contribution in [0.25, 0.3) is 0 Å². The summed E-state index contributed by atoms with van der Waals surface area (Å²) in [6.45, 7) is 7.75. The van der Waals surface area contributed by atoms with Gasteiger partial charge in [0.25, 0.3) is 0 Å². The maximum atomic E-state index is 12.2. The number of hydrogen-bond acceptors (Lipinski definition) is 5. The highest BCUT2D eigenvalue weighted by atomic mass is 16.6. The van der Waals surface area contributed by atoms with E-state index in [1.807, 2.05) is 0 Å². The van der Waals surface area contributed by atoms with Crippen LogP contribution in [0.3, 0.4) is 0 Å². The van der Waals surface area contributed by atoms with E-state index in [1.165, 1.54) is 89.5 Å². The Hall–Kier alpha value is -2.04. The second-order valence-corrected chi connectivity index (χ2v) is 8.73. The molecule has 1 rings (SSSR count). The largest absolute Gasteiger partial charge is 0.507 e. The summed E-state index contributed by atoms with van der Waals surface area (Å²) in [5.41, 5.74) is -0.0396. The van der Waals surface area contributed by atoms with Crippen LogP contribution in [0.5, 0.6) is 5.75 Å². The molecule has 0 aliphatic heterocycles. The third-order valence-electron chi connectivity index (χ3n) is 5.73. The van der Waals surface area contributed by atoms with Crippen molar-refractivity contribution >= 4 is 5.71 Å². The molecule has 0 saturated heterocycles. The molecule has 1 aromatic heterocycles. The highest BCUT2D eigenvalue weighted by molar-refractivity contribution is 6.01. The molecular weight excluding hydrogens is 402 g/mol. The molecular formula is C27H45NO4. The molecule has 0 unspecified atom stereocenters. The quantitative estimate of drug-likeness (QED) is 0.0957. The number of hydrogen-bond donors (Lipinski definition) is 1. The van der Waals surface area contributed by atoms with Crippen LogP contribution in [0.1, 0.15) is 121 Å². The van der Waals surface area contributed by atoms with Crippen molar-refractivity contribution in [3.05, 3.63) is 40.5 Å². The third kappa shape index (κ3) is 12.7. The molecule has 5 heteroatoms. The maximum Gasteiger partial charge on any atom is 0.349 e. The Morgan fingerprint density at radius 2 is 1.47 bits per heavy atom. The minimum absolute atomic E-state index is 0.102. The van der Waals surface area contributed by atoms with Crippen molar-refractivity contribution < 1.29 is 14.4 Å². The maximum absolute atomic E-state index is 12.2. The van der Waals surface area contributed by atoms with Gasteiger partial charge in [-0.25, -0.2) is 4.79 Å². The van der Waals surface area contributed by atoms with Crippen molar-refractivity contribution in [1.29, 1.82) is 0 Å². The van der Waals surface area contributed by atoms with Gasteiger partial charge in [0.05, 0.1) is 5.71 Å². The van der Waals surface area contributed by atoms with Crippen molar-refractivity contribution in [1.82, 2.24) is 0 Å². The first-order valence-electron chi connectivity index (χ1n) is 12.7. The van der Waals surface area contributed by atoms with Crippen molar-refractivity contribution in [3.63, 3.8) is 0 Å². The zero-order chi connectivity index (χ0) is 23.4. The Kier molecular flexibility index (Phi) is 16.2. The van der Waals surface area contributed by atoms with Crippen LogP contribution >= 0.6 is 0 Å². The Morgan fingerprint density at radius 1 is 0.969 bits per heavy atom. The zero-order valence-corrected chi connectivity index (χ0v) is 20.5. The first-order chi connectivity index (χ1) is 15.6. The molecule has 0 aromatic carbocycles. The van der Waals surface area contributed by atoms with Crippen LogP contribution in [-0.4, -0.2) is 17.4 Å². The van der Waals surface area contributed by atoms with E-state index in [9.17, 15) is 9.90 Å². The molecule has 0 atom stereocenters. The fourth-order valence-corrected chi connectivity index (χ4v) is 3.91. The van der Waals surface area contributed by atoms with Gasteiger partial charge >= 0.3 is 5.63 Å². The molecule has 1 heterocycles. The second-order valence-electron chi connectivity index (χ2n) is 8.73. The van der Waals surface area contributed by atoms with Crippen LogP contribution in [0.2, 0.25) is 0 Å². The Bertz CT molecular complexity index is 708. The van der Waals surface area contributed by atoms with Gasteiger partial charge in [0.2, 0.25) is 0 Å². The molecule has 0 bridgehead atoms. The molecule has 0 radical (unpaired) electrons. The van der Waals surface area contributed by atoms with E-state index in [0.717, 1.165) is 12.8 Å². The molecule has 0 aliphatic carbocycles. The van der Waals surface area contributed by atoms with Crippen LogP contribution in [0.15, 0.2) is 33.1 Å². The van der Waals surface area contributed by atoms with Crippen LogP contribution in [-0.2, 0) is 4.84 Å². The van der Waals surface area contributed by atoms with E-state index in [-0.39, 0.29) is 17.9 Å². The second kappa shape index (κ2) is 18.5. The average Bonchev–Trinajstić information content (AvgIpc) is 2.75. The Morgan fingerprint density at radius 3 is 1.94 bits per heavy atom. The molecule has 0 spiro atoms. The van der Waals surface area contributed by atoms with E-state index in [4.69, 9.17) is 9.25 Å². The summed E-state index contributed by atoms with van der Waals surface area (Å²) in [6.07, 6.45) is 21.6. The molecule has 0 aliphatic rings. The van der Waals surface area contributed by atoms with E-state index >= 15 is 0 Å². The van der Waals surface area contributed by atoms with Crippen LogP contribution < -0.4 is 5.63 Å². The van der Waals surface area contributed by atoms with Gasteiger partial charge in [0, 0.05) is 6.07 Å². The number of unbranched alkanes of at least 4 members (excludes halogenated alkanes) is 14. The highest BCUT2D eigenvalue weighted by Gasteiger charge is 2.17. The molecule has 1 aromatic rings. The highest BCUT2D eigenvalue weighted by Crippen LogP contribution is 2.19. The monoisotopic (exact) mass is 447 g/mol. The van der Waals surface area contributed by atoms with Gasteiger partial charge in [-0.05, 0) is 19.8 Å². The summed E-state index contributed by atoms with van der Waals surface area (Å²) in [4.78, 5) is 17.4. The fraction of sp³-hybridized carbons (Fsp3) is 0.704. The van der Waals surface area contributed by atoms with Crippen molar-refractivity contribution in [2.24, 2.45) is 5.16 Å². The first kappa shape index (κ1) is 28.0. The van der Waals surface area contributed by atoms with Crippen molar-refractivity contribution in [3.8, 4) is 5.75 Å². The first-order valence-corrected chi connectivity index (χ1v) is 12.7. The normalized spacial score (nSPS) is 11.6. The lowest BCUT2D eigenvalue weighted by molar-refractivity contribution is 0.174. The minimum atomic E-state index is -0.579. The van der Waals surface area contributed by atoms with Gasteiger partial charge in [-0.2, -0.15) is 0 Å². The third-order valence-corrected chi connectivity index (χ3v) is 5.73. The summed E-state index contributed by atoms with van der Waals surface area (Å²) in [7, 11) is 0. The van der Waals surface area contributed by atoms with Gasteiger partial charge in [0.1, 0.15) is 23.7 Å². The molecule has 0 saturated carbocycles. The summed E-state index contributed by atoms with van der Waals surface area (Å²) in [6, 6.07) is 1.44. The average molecular weight is 448 g/mol. The lowest BCUT2D eigenvalue weighted by Gasteiger charge is -2.08. The predicted molar refractivity (Wildman–Crippen MR) is 134 cm³/mol. The molecule has 0 fully saturated rings. The van der Waals surface area contributed by atoms with Crippen molar-refractivity contribution in [2.75, 3.05) is 6.61 Å². The number of oxime groups is 1. The summed E-state index contributed by atoms with van der Waals surface area (Å²) in [5, 5.41) is 14.3. The fourth-order valence-electron chi connectivity index (χ4n) is 3.91.